The molecule has 6 nitrogen and oxygen atoms in total. The van der Waals surface area contributed by atoms with Crippen LogP contribution in [0.3, 0.4) is 0 Å². The zero-order chi connectivity index (χ0) is 16.8. The van der Waals surface area contributed by atoms with E-state index < -0.39 is 17.5 Å². The monoisotopic (exact) mass is 327 g/mol. The number of carbonyl (C=O) groups is 2. The molecule has 0 spiro atoms. The highest BCUT2D eigenvalue weighted by atomic mass is 32.2. The van der Waals surface area contributed by atoms with Crippen molar-refractivity contribution in [2.24, 2.45) is 0 Å². The van der Waals surface area contributed by atoms with E-state index in [1.165, 1.54) is 18.0 Å². The van der Waals surface area contributed by atoms with Crippen LogP contribution in [0.5, 0.6) is 0 Å². The summed E-state index contributed by atoms with van der Waals surface area (Å²) in [5.41, 5.74) is -0.190. The predicted octanol–water partition coefficient (Wildman–Crippen LogP) is 3.26. The van der Waals surface area contributed by atoms with Crippen molar-refractivity contribution in [3.63, 3.8) is 0 Å². The van der Waals surface area contributed by atoms with E-state index in [4.69, 9.17) is 14.5 Å². The first-order valence-corrected chi connectivity index (χ1v) is 7.97. The minimum atomic E-state index is -0.657. The fourth-order valence-electron chi connectivity index (χ4n) is 1.39. The van der Waals surface area contributed by atoms with Crippen LogP contribution in [0.25, 0.3) is 0 Å². The summed E-state index contributed by atoms with van der Waals surface area (Å²) in [4.78, 5) is 38.1. The number of thioether (sulfide) groups is 1. The number of esters is 1. The molecule has 0 radical (unpaired) electrons. The maximum Gasteiger partial charge on any atom is 0.374 e. The third-order valence-corrected chi connectivity index (χ3v) is 3.14. The van der Waals surface area contributed by atoms with E-state index in [-0.39, 0.29) is 17.9 Å². The summed E-state index contributed by atoms with van der Waals surface area (Å²) >= 11 is 1.40. The summed E-state index contributed by atoms with van der Waals surface area (Å²) in [7, 11) is 0. The highest BCUT2D eigenvalue weighted by Crippen LogP contribution is 2.23. The number of pyridine rings is 1. The van der Waals surface area contributed by atoms with Gasteiger partial charge in [-0.2, -0.15) is 4.89 Å². The topological polar surface area (TPSA) is 74.7 Å². The molecule has 0 unspecified atom stereocenters. The number of aromatic nitrogens is 1. The van der Waals surface area contributed by atoms with Gasteiger partial charge in [0.2, 0.25) is 0 Å². The highest BCUT2D eigenvalue weighted by Gasteiger charge is 2.20. The van der Waals surface area contributed by atoms with E-state index in [2.05, 4.69) is 4.98 Å². The Bertz CT molecular complexity index is 539. The summed E-state index contributed by atoms with van der Waals surface area (Å²) in [6, 6.07) is 1.56. The van der Waals surface area contributed by atoms with Crippen LogP contribution in [0.4, 0.5) is 0 Å². The Morgan fingerprint density at radius 3 is 2.45 bits per heavy atom. The molecule has 1 rings (SSSR count). The molecule has 22 heavy (non-hydrogen) atoms. The Kier molecular flexibility index (Phi) is 6.83. The van der Waals surface area contributed by atoms with Crippen LogP contribution in [0.1, 0.15) is 55.5 Å². The molecule has 0 saturated carbocycles. The maximum absolute atomic E-state index is 11.9. The van der Waals surface area contributed by atoms with Crippen LogP contribution in [0.2, 0.25) is 0 Å². The molecule has 1 aromatic rings. The predicted molar refractivity (Wildman–Crippen MR) is 82.8 cm³/mol. The van der Waals surface area contributed by atoms with Crippen LogP contribution in [-0.4, -0.2) is 34.9 Å². The molecule has 0 aliphatic rings. The molecule has 0 amide bonds. The first-order chi connectivity index (χ1) is 10.3. The lowest BCUT2D eigenvalue weighted by atomic mass is 10.2. The van der Waals surface area contributed by atoms with Gasteiger partial charge in [-0.25, -0.2) is 14.6 Å². The second-order valence-corrected chi connectivity index (χ2v) is 6.60. The van der Waals surface area contributed by atoms with Crippen molar-refractivity contribution < 1.29 is 24.1 Å². The van der Waals surface area contributed by atoms with Gasteiger partial charge in [-0.15, -0.1) is 11.8 Å². The third-order valence-electron chi connectivity index (χ3n) is 2.22. The molecule has 0 atom stereocenters. The van der Waals surface area contributed by atoms with Crippen LogP contribution in [0.15, 0.2) is 17.2 Å². The molecular weight excluding hydrogens is 306 g/mol. The minimum Gasteiger partial charge on any atom is -0.461 e. The Labute approximate surface area is 134 Å². The molecular formula is C15H21NO5S. The van der Waals surface area contributed by atoms with E-state index in [1.807, 2.05) is 6.92 Å². The average Bonchev–Trinajstić information content (AvgIpc) is 2.44. The van der Waals surface area contributed by atoms with Gasteiger partial charge < -0.3 is 4.74 Å². The van der Waals surface area contributed by atoms with E-state index in [1.54, 1.807) is 33.8 Å². The van der Waals surface area contributed by atoms with Gasteiger partial charge in [0.15, 0.2) is 5.69 Å². The zero-order valence-electron chi connectivity index (χ0n) is 13.5. The number of hydrogen-bond acceptors (Lipinski definition) is 7. The zero-order valence-corrected chi connectivity index (χ0v) is 14.3. The summed E-state index contributed by atoms with van der Waals surface area (Å²) in [6.45, 7) is 9.22. The largest absolute Gasteiger partial charge is 0.461 e. The van der Waals surface area contributed by atoms with Gasteiger partial charge in [-0.1, -0.05) is 6.92 Å². The van der Waals surface area contributed by atoms with E-state index in [0.29, 0.717) is 4.90 Å². The van der Waals surface area contributed by atoms with E-state index in [0.717, 1.165) is 5.75 Å². The summed E-state index contributed by atoms with van der Waals surface area (Å²) in [5, 5.41) is 0. The molecule has 1 heterocycles. The first-order valence-electron chi connectivity index (χ1n) is 6.98. The fraction of sp³-hybridized carbons (Fsp3) is 0.533. The van der Waals surface area contributed by atoms with Crippen molar-refractivity contribution in [3.8, 4) is 0 Å². The van der Waals surface area contributed by atoms with Crippen LogP contribution >= 0.6 is 11.8 Å². The minimum absolute atomic E-state index is 0.196. The van der Waals surface area contributed by atoms with Gasteiger partial charge in [-0.05, 0) is 39.5 Å². The quantitative estimate of drug-likeness (QED) is 0.343. The van der Waals surface area contributed by atoms with Gasteiger partial charge >= 0.3 is 11.9 Å². The van der Waals surface area contributed by atoms with Crippen LogP contribution in [-0.2, 0) is 14.5 Å². The Morgan fingerprint density at radius 2 is 1.91 bits per heavy atom. The standard InChI is InChI=1S/C15H21NO5S/c1-6-19-14(18)12-11(22-7-2)8-10(9-16-12)13(17)20-21-15(3,4)5/h8-9H,6-7H2,1-5H3. The van der Waals surface area contributed by atoms with Gasteiger partial charge in [0.05, 0.1) is 12.2 Å². The number of hydrogen-bond donors (Lipinski definition) is 0. The highest BCUT2D eigenvalue weighted by molar-refractivity contribution is 7.99. The lowest BCUT2D eigenvalue weighted by Gasteiger charge is -2.16. The van der Waals surface area contributed by atoms with Gasteiger partial charge in [0.1, 0.15) is 5.60 Å². The number of nitrogens with zero attached hydrogens (tertiary/aromatic N) is 1. The van der Waals surface area contributed by atoms with Gasteiger partial charge in [-0.3, -0.25) is 4.89 Å². The second-order valence-electron chi connectivity index (χ2n) is 5.29. The molecule has 0 aliphatic carbocycles. The van der Waals surface area contributed by atoms with Crippen molar-refractivity contribution in [2.75, 3.05) is 12.4 Å². The van der Waals surface area contributed by atoms with Crippen molar-refractivity contribution in [1.29, 1.82) is 0 Å². The number of ether oxygens (including phenoxy) is 1. The smallest absolute Gasteiger partial charge is 0.374 e. The number of rotatable bonds is 6. The van der Waals surface area contributed by atoms with Crippen molar-refractivity contribution in [2.45, 2.75) is 45.1 Å². The molecule has 0 N–H and O–H groups in total. The average molecular weight is 327 g/mol. The molecule has 0 fully saturated rings. The second kappa shape index (κ2) is 8.14. The number of carbonyl (C=O) groups excluding carboxylic acids is 2. The normalized spacial score (nSPS) is 11.1. The SMILES string of the molecule is CCOC(=O)c1ncc(C(=O)OOC(C)(C)C)cc1SCC. The van der Waals surface area contributed by atoms with Crippen LogP contribution in [0, 0.1) is 0 Å². The molecule has 0 aromatic carbocycles. The van der Waals surface area contributed by atoms with Crippen LogP contribution < -0.4 is 0 Å². The summed E-state index contributed by atoms with van der Waals surface area (Å²) in [6.07, 6.45) is 1.28. The molecule has 0 aliphatic heterocycles. The lowest BCUT2D eigenvalue weighted by Crippen LogP contribution is -2.22. The Hall–Kier alpha value is -1.60. The van der Waals surface area contributed by atoms with E-state index >= 15 is 0 Å². The van der Waals surface area contributed by atoms with Crippen molar-refractivity contribution >= 4 is 23.7 Å². The first kappa shape index (κ1) is 18.4. The van der Waals surface area contributed by atoms with Crippen molar-refractivity contribution in [1.82, 2.24) is 4.98 Å². The molecule has 122 valence electrons. The van der Waals surface area contributed by atoms with Crippen molar-refractivity contribution in [3.05, 3.63) is 23.5 Å². The molecule has 0 bridgehead atoms. The third kappa shape index (κ3) is 5.65. The molecule has 0 saturated heterocycles. The summed E-state index contributed by atoms with van der Waals surface area (Å²) < 4.78 is 4.95. The molecule has 1 aromatic heterocycles. The Balaban J connectivity index is 2.96. The van der Waals surface area contributed by atoms with Gasteiger partial charge in [0.25, 0.3) is 0 Å². The Morgan fingerprint density at radius 1 is 1.23 bits per heavy atom. The maximum atomic E-state index is 11.9. The fourth-order valence-corrected chi connectivity index (χ4v) is 2.18. The van der Waals surface area contributed by atoms with E-state index in [9.17, 15) is 9.59 Å². The summed E-state index contributed by atoms with van der Waals surface area (Å²) in [5.74, 6) is -0.439. The molecule has 7 heteroatoms. The lowest BCUT2D eigenvalue weighted by molar-refractivity contribution is -0.301. The van der Waals surface area contributed by atoms with Gasteiger partial charge in [0, 0.05) is 11.1 Å².